The van der Waals surface area contributed by atoms with Crippen molar-refractivity contribution in [1.29, 1.82) is 0 Å². The Kier molecular flexibility index (Phi) is 3.91. The highest BCUT2D eigenvalue weighted by Crippen LogP contribution is 2.48. The van der Waals surface area contributed by atoms with Gasteiger partial charge in [0.1, 0.15) is 6.54 Å². The number of nitrogens with two attached hydrogens (primary N) is 1. The molecule has 23 heavy (non-hydrogen) atoms. The lowest BCUT2D eigenvalue weighted by Crippen LogP contribution is -2.54. The van der Waals surface area contributed by atoms with E-state index in [2.05, 4.69) is 4.98 Å². The van der Waals surface area contributed by atoms with E-state index in [0.717, 1.165) is 19.3 Å². The Balaban J connectivity index is 1.85. The van der Waals surface area contributed by atoms with E-state index < -0.39 is 5.54 Å². The highest BCUT2D eigenvalue weighted by atomic mass is 16.5. The van der Waals surface area contributed by atoms with E-state index in [9.17, 15) is 9.59 Å². The van der Waals surface area contributed by atoms with Gasteiger partial charge in [0.2, 0.25) is 11.8 Å². The Bertz CT molecular complexity index is 598. The van der Waals surface area contributed by atoms with Crippen molar-refractivity contribution >= 4 is 11.8 Å². The van der Waals surface area contributed by atoms with Crippen LogP contribution < -0.4 is 5.73 Å². The average Bonchev–Trinajstić information content (AvgIpc) is 3.11. The third-order valence-corrected chi connectivity index (χ3v) is 4.89. The zero-order chi connectivity index (χ0) is 16.7. The first-order valence-electron chi connectivity index (χ1n) is 8.05. The van der Waals surface area contributed by atoms with Gasteiger partial charge in [-0.2, -0.15) is 0 Å². The number of hydrogen-bond acceptors (Lipinski definition) is 4. The van der Waals surface area contributed by atoms with Gasteiger partial charge in [-0.25, -0.2) is 4.98 Å². The number of carbonyl (C=O) groups excluding carboxylic acids is 2. The van der Waals surface area contributed by atoms with Crippen LogP contribution in [0.4, 0.5) is 0 Å². The number of hydrogen-bond donors (Lipinski definition) is 1. The lowest BCUT2D eigenvalue weighted by molar-refractivity contribution is -0.140. The number of aromatic nitrogens is 2. The number of rotatable bonds is 4. The molecule has 1 aromatic rings. The molecule has 3 heterocycles. The zero-order valence-electron chi connectivity index (χ0n) is 13.7. The quantitative estimate of drug-likeness (QED) is 0.883. The van der Waals surface area contributed by atoms with E-state index in [1.165, 1.54) is 0 Å². The van der Waals surface area contributed by atoms with Gasteiger partial charge in [0, 0.05) is 25.4 Å². The van der Waals surface area contributed by atoms with Crippen LogP contribution >= 0.6 is 0 Å². The van der Waals surface area contributed by atoms with Crippen molar-refractivity contribution in [2.24, 2.45) is 5.73 Å². The molecule has 1 spiro atoms. The molecule has 0 unspecified atom stereocenters. The molecular formula is C16H24N4O3. The summed E-state index contributed by atoms with van der Waals surface area (Å²) in [6.07, 6.45) is 7.39. The van der Waals surface area contributed by atoms with E-state index in [-0.39, 0.29) is 36.5 Å². The summed E-state index contributed by atoms with van der Waals surface area (Å²) in [5, 5.41) is 0. The Hall–Kier alpha value is -1.89. The van der Waals surface area contributed by atoms with Crippen molar-refractivity contribution < 1.29 is 14.3 Å². The molecular weight excluding hydrogens is 296 g/mol. The number of likely N-dealkylation sites (tertiary alicyclic amines) is 1. The van der Waals surface area contributed by atoms with Crippen molar-refractivity contribution in [3.8, 4) is 0 Å². The molecule has 126 valence electrons. The molecule has 3 rings (SSSR count). The maximum atomic E-state index is 12.8. The maximum Gasteiger partial charge on any atom is 0.243 e. The second kappa shape index (κ2) is 5.63. The fourth-order valence-electron chi connectivity index (χ4n) is 4.22. The predicted octanol–water partition coefficient (Wildman–Crippen LogP) is 0.687. The van der Waals surface area contributed by atoms with Crippen LogP contribution in [0.3, 0.4) is 0 Å². The third kappa shape index (κ3) is 2.97. The second-order valence-electron chi connectivity index (χ2n) is 7.20. The monoisotopic (exact) mass is 320 g/mol. The second-order valence-corrected chi connectivity index (χ2v) is 7.20. The normalized spacial score (nSPS) is 29.3. The van der Waals surface area contributed by atoms with Crippen LogP contribution in [0.15, 0.2) is 18.7 Å². The lowest BCUT2D eigenvalue weighted by atomic mass is 9.82. The molecule has 2 aliphatic heterocycles. The highest BCUT2D eigenvalue weighted by molar-refractivity contribution is 5.78. The van der Waals surface area contributed by atoms with E-state index in [0.29, 0.717) is 6.54 Å². The minimum atomic E-state index is -0.420. The van der Waals surface area contributed by atoms with E-state index in [1.807, 2.05) is 18.7 Å². The van der Waals surface area contributed by atoms with Crippen LogP contribution in [0.2, 0.25) is 0 Å². The fraction of sp³-hybridized carbons (Fsp3) is 0.688. The number of ether oxygens (including phenoxy) is 1. The molecule has 7 heteroatoms. The fourth-order valence-corrected chi connectivity index (χ4v) is 4.22. The van der Waals surface area contributed by atoms with Gasteiger partial charge in [-0.05, 0) is 26.7 Å². The minimum Gasteiger partial charge on any atom is -0.370 e. The van der Waals surface area contributed by atoms with Crippen LogP contribution in [0, 0.1) is 0 Å². The van der Waals surface area contributed by atoms with E-state index in [1.54, 1.807) is 23.3 Å². The Morgan fingerprint density at radius 3 is 2.87 bits per heavy atom. The standard InChI is InChI=1S/C16H24N4O3/c1-15(2)10-16(12(23-15)8-13(17)21)4-3-6-20(16)14(22)9-19-7-5-18-11-19/h5,7,11-12H,3-4,6,8-10H2,1-2H3,(H2,17,21)/t12-,16+/m0/s1. The van der Waals surface area contributed by atoms with Crippen LogP contribution in [0.1, 0.15) is 39.5 Å². The highest BCUT2D eigenvalue weighted by Gasteiger charge is 2.58. The topological polar surface area (TPSA) is 90.5 Å². The summed E-state index contributed by atoms with van der Waals surface area (Å²) >= 11 is 0. The lowest BCUT2D eigenvalue weighted by Gasteiger charge is -2.38. The average molecular weight is 320 g/mol. The van der Waals surface area contributed by atoms with E-state index in [4.69, 9.17) is 10.5 Å². The molecule has 2 amide bonds. The van der Waals surface area contributed by atoms with Gasteiger partial charge < -0.3 is 19.9 Å². The molecule has 1 aromatic heterocycles. The van der Waals surface area contributed by atoms with Gasteiger partial charge in [0.15, 0.2) is 0 Å². The molecule has 2 fully saturated rings. The molecule has 2 atom stereocenters. The zero-order valence-corrected chi connectivity index (χ0v) is 13.7. The number of imidazole rings is 1. The van der Waals surface area contributed by atoms with Gasteiger partial charge in [-0.15, -0.1) is 0 Å². The maximum absolute atomic E-state index is 12.8. The van der Waals surface area contributed by atoms with Crippen molar-refractivity contribution in [3.63, 3.8) is 0 Å². The molecule has 2 saturated heterocycles. The van der Waals surface area contributed by atoms with Gasteiger partial charge in [-0.1, -0.05) is 0 Å². The number of primary amides is 1. The Labute approximate surface area is 135 Å². The summed E-state index contributed by atoms with van der Waals surface area (Å²) in [5.74, 6) is -0.350. The molecule has 7 nitrogen and oxygen atoms in total. The van der Waals surface area contributed by atoms with Crippen molar-refractivity contribution in [2.45, 2.75) is 63.3 Å². The Morgan fingerprint density at radius 1 is 1.43 bits per heavy atom. The predicted molar refractivity (Wildman–Crippen MR) is 83.3 cm³/mol. The van der Waals surface area contributed by atoms with Gasteiger partial charge in [0.05, 0.1) is 30.0 Å². The SMILES string of the molecule is CC1(C)C[C@]2(CCCN2C(=O)Cn2ccnc2)[C@H](CC(N)=O)O1. The van der Waals surface area contributed by atoms with Crippen LogP contribution in [0.5, 0.6) is 0 Å². The van der Waals surface area contributed by atoms with Gasteiger partial charge >= 0.3 is 0 Å². The number of amides is 2. The molecule has 2 aliphatic rings. The largest absolute Gasteiger partial charge is 0.370 e. The molecule has 0 radical (unpaired) electrons. The molecule has 2 N–H and O–H groups in total. The van der Waals surface area contributed by atoms with Crippen molar-refractivity contribution in [2.75, 3.05) is 6.54 Å². The molecule has 0 aromatic carbocycles. The van der Waals surface area contributed by atoms with E-state index >= 15 is 0 Å². The Morgan fingerprint density at radius 2 is 2.22 bits per heavy atom. The summed E-state index contributed by atoms with van der Waals surface area (Å²) in [5.41, 5.74) is 4.62. The van der Waals surface area contributed by atoms with Crippen LogP contribution in [-0.2, 0) is 20.9 Å². The van der Waals surface area contributed by atoms with Crippen LogP contribution in [-0.4, -0.2) is 50.1 Å². The van der Waals surface area contributed by atoms with Gasteiger partial charge in [0.25, 0.3) is 0 Å². The minimum absolute atomic E-state index is 0.0382. The summed E-state index contributed by atoms with van der Waals surface area (Å²) in [7, 11) is 0. The summed E-state index contributed by atoms with van der Waals surface area (Å²) in [6, 6.07) is 0. The van der Waals surface area contributed by atoms with Gasteiger partial charge in [-0.3, -0.25) is 9.59 Å². The number of nitrogens with zero attached hydrogens (tertiary/aromatic N) is 3. The summed E-state index contributed by atoms with van der Waals surface area (Å²) < 4.78 is 7.86. The molecule has 0 saturated carbocycles. The van der Waals surface area contributed by atoms with Crippen molar-refractivity contribution in [3.05, 3.63) is 18.7 Å². The molecule has 0 bridgehead atoms. The van der Waals surface area contributed by atoms with Crippen molar-refractivity contribution in [1.82, 2.24) is 14.5 Å². The summed E-state index contributed by atoms with van der Waals surface area (Å²) in [6.45, 7) is 4.97. The summed E-state index contributed by atoms with van der Waals surface area (Å²) in [4.78, 5) is 30.2. The first kappa shape index (κ1) is 16.0. The van der Waals surface area contributed by atoms with Crippen LogP contribution in [0.25, 0.3) is 0 Å². The molecule has 0 aliphatic carbocycles. The number of carbonyl (C=O) groups is 2. The smallest absolute Gasteiger partial charge is 0.243 e. The third-order valence-electron chi connectivity index (χ3n) is 4.89. The first-order chi connectivity index (χ1) is 10.8. The first-order valence-corrected chi connectivity index (χ1v) is 8.05.